The van der Waals surface area contributed by atoms with Crippen molar-refractivity contribution in [3.63, 3.8) is 0 Å². The molecule has 8 nitrogen and oxygen atoms in total. The molecule has 10 heteroatoms. The second-order valence-electron chi connectivity index (χ2n) is 7.66. The Hall–Kier alpha value is -2.84. The molecule has 0 spiro atoms. The maximum Gasteiger partial charge on any atom is 0.293 e. The van der Waals surface area contributed by atoms with E-state index < -0.39 is 0 Å². The number of carbonyl (C=O) groups is 2. The molecule has 1 aromatic carbocycles. The Morgan fingerprint density at radius 1 is 1.19 bits per heavy atom. The van der Waals surface area contributed by atoms with Crippen molar-refractivity contribution < 1.29 is 14.0 Å². The van der Waals surface area contributed by atoms with Gasteiger partial charge in [0.1, 0.15) is 11.5 Å². The van der Waals surface area contributed by atoms with Crippen molar-refractivity contribution >= 4 is 35.0 Å². The summed E-state index contributed by atoms with van der Waals surface area (Å²) >= 11 is 12.7. The fourth-order valence-corrected chi connectivity index (χ4v) is 4.32. The Morgan fingerprint density at radius 3 is 2.47 bits per heavy atom. The zero-order chi connectivity index (χ0) is 22.8. The van der Waals surface area contributed by atoms with E-state index in [-0.39, 0.29) is 23.7 Å². The first kappa shape index (κ1) is 22.4. The largest absolute Gasteiger partial charge is 0.459 e. The van der Waals surface area contributed by atoms with Crippen LogP contribution in [0.15, 0.2) is 34.9 Å². The summed E-state index contributed by atoms with van der Waals surface area (Å²) in [5.74, 6) is 0.532. The van der Waals surface area contributed by atoms with Crippen LogP contribution in [-0.4, -0.2) is 50.6 Å². The van der Waals surface area contributed by atoms with Gasteiger partial charge in [-0.05, 0) is 38.0 Å². The number of amides is 2. The molecule has 0 saturated carbocycles. The van der Waals surface area contributed by atoms with Crippen molar-refractivity contribution in [2.75, 3.05) is 13.1 Å². The molecule has 3 heterocycles. The van der Waals surface area contributed by atoms with E-state index in [0.717, 1.165) is 5.56 Å². The second kappa shape index (κ2) is 9.34. The Kier molecular flexibility index (Phi) is 6.53. The lowest BCUT2D eigenvalue weighted by molar-refractivity contribution is 0.0684. The summed E-state index contributed by atoms with van der Waals surface area (Å²) in [5.41, 5.74) is 1.30. The van der Waals surface area contributed by atoms with E-state index in [2.05, 4.69) is 15.4 Å². The Labute approximate surface area is 195 Å². The van der Waals surface area contributed by atoms with Gasteiger partial charge in [0.05, 0.1) is 16.3 Å². The summed E-state index contributed by atoms with van der Waals surface area (Å²) in [7, 11) is 0. The van der Waals surface area contributed by atoms with E-state index in [1.165, 1.54) is 10.9 Å². The lowest BCUT2D eigenvalue weighted by Crippen LogP contribution is -2.46. The Balaban J connectivity index is 1.44. The fraction of sp³-hybridized carbons (Fsp3) is 0.364. The lowest BCUT2D eigenvalue weighted by atomic mass is 10.0. The minimum atomic E-state index is -0.256. The maximum atomic E-state index is 13.1. The monoisotopic (exact) mass is 475 g/mol. The number of hydrogen-bond donors (Lipinski definition) is 1. The van der Waals surface area contributed by atoms with Gasteiger partial charge in [-0.2, -0.15) is 0 Å². The van der Waals surface area contributed by atoms with E-state index in [1.807, 2.05) is 13.8 Å². The number of carbonyl (C=O) groups excluding carboxylic acids is 2. The zero-order valence-corrected chi connectivity index (χ0v) is 19.3. The smallest absolute Gasteiger partial charge is 0.293 e. The topological polar surface area (TPSA) is 93.3 Å². The van der Waals surface area contributed by atoms with Crippen LogP contribution in [0.1, 0.15) is 52.3 Å². The number of benzene rings is 1. The van der Waals surface area contributed by atoms with Crippen LogP contribution >= 0.6 is 23.2 Å². The summed E-state index contributed by atoms with van der Waals surface area (Å²) in [4.78, 5) is 31.6. The Bertz CT molecular complexity index is 1130. The van der Waals surface area contributed by atoms with Crippen LogP contribution in [0, 0.1) is 6.92 Å². The molecule has 168 valence electrons. The number of hydrogen-bond acceptors (Lipinski definition) is 5. The molecule has 1 fully saturated rings. The molecule has 1 N–H and O–H groups in total. The van der Waals surface area contributed by atoms with Crippen molar-refractivity contribution in [2.24, 2.45) is 0 Å². The van der Waals surface area contributed by atoms with Crippen LogP contribution in [0.3, 0.4) is 0 Å². The van der Waals surface area contributed by atoms with Crippen LogP contribution in [0.4, 0.5) is 0 Å². The molecule has 3 aromatic rings. The predicted molar refractivity (Wildman–Crippen MR) is 121 cm³/mol. The molecule has 0 atom stereocenters. The normalized spacial score (nSPS) is 14.6. The van der Waals surface area contributed by atoms with E-state index in [4.69, 9.17) is 27.6 Å². The first-order valence-corrected chi connectivity index (χ1v) is 11.2. The first-order chi connectivity index (χ1) is 15.4. The van der Waals surface area contributed by atoms with Gasteiger partial charge in [0, 0.05) is 31.1 Å². The standard InChI is InChI=1S/C22H23Cl2N5O3/c1-3-17-26-20(27-29(17)18-15(23)5-4-6-16(18)24)22(31)28-10-7-14(8-11-28)25-21(30)19-13(2)9-12-32-19/h4-6,9,12,14H,3,7-8,10-11H2,1-2H3,(H,25,30). The summed E-state index contributed by atoms with van der Waals surface area (Å²) in [6.07, 6.45) is 3.32. The maximum absolute atomic E-state index is 13.1. The number of halogens is 2. The minimum Gasteiger partial charge on any atom is -0.459 e. The van der Waals surface area contributed by atoms with Crippen LogP contribution in [0.2, 0.25) is 10.0 Å². The second-order valence-corrected chi connectivity index (χ2v) is 8.47. The third kappa shape index (κ3) is 4.38. The summed E-state index contributed by atoms with van der Waals surface area (Å²) < 4.78 is 6.79. The highest BCUT2D eigenvalue weighted by molar-refractivity contribution is 6.37. The number of piperidine rings is 1. The summed E-state index contributed by atoms with van der Waals surface area (Å²) in [5, 5.41) is 8.26. The average Bonchev–Trinajstić information content (AvgIpc) is 3.40. The van der Waals surface area contributed by atoms with Crippen LogP contribution < -0.4 is 5.32 Å². The van der Waals surface area contributed by atoms with Gasteiger partial charge in [0.2, 0.25) is 5.82 Å². The van der Waals surface area contributed by atoms with Gasteiger partial charge in [0.25, 0.3) is 11.8 Å². The average molecular weight is 476 g/mol. The van der Waals surface area contributed by atoms with Gasteiger partial charge in [0.15, 0.2) is 5.76 Å². The highest BCUT2D eigenvalue weighted by Gasteiger charge is 2.29. The fourth-order valence-electron chi connectivity index (χ4n) is 3.76. The van der Waals surface area contributed by atoms with E-state index >= 15 is 0 Å². The van der Waals surface area contributed by atoms with Crippen molar-refractivity contribution in [2.45, 2.75) is 39.2 Å². The van der Waals surface area contributed by atoms with Gasteiger partial charge in [-0.3, -0.25) is 9.59 Å². The van der Waals surface area contributed by atoms with Crippen molar-refractivity contribution in [1.82, 2.24) is 25.0 Å². The predicted octanol–water partition coefficient (Wildman–Crippen LogP) is 4.07. The number of nitrogens with zero attached hydrogens (tertiary/aromatic N) is 4. The molecule has 1 aliphatic rings. The molecule has 0 aliphatic carbocycles. The Morgan fingerprint density at radius 2 is 1.88 bits per heavy atom. The first-order valence-electron chi connectivity index (χ1n) is 10.4. The molecular formula is C22H23Cl2N5O3. The third-order valence-electron chi connectivity index (χ3n) is 5.52. The summed E-state index contributed by atoms with van der Waals surface area (Å²) in [6, 6.07) is 6.90. The van der Waals surface area contributed by atoms with Gasteiger partial charge in [-0.25, -0.2) is 9.67 Å². The van der Waals surface area contributed by atoms with Crippen molar-refractivity contribution in [3.05, 3.63) is 63.5 Å². The molecule has 32 heavy (non-hydrogen) atoms. The van der Waals surface area contributed by atoms with E-state index in [0.29, 0.717) is 59.7 Å². The molecule has 1 aliphatic heterocycles. The van der Waals surface area contributed by atoms with E-state index in [1.54, 1.807) is 29.2 Å². The van der Waals surface area contributed by atoms with Crippen LogP contribution in [-0.2, 0) is 6.42 Å². The molecule has 2 amide bonds. The molecule has 0 bridgehead atoms. The number of aromatic nitrogens is 3. The number of nitrogens with one attached hydrogen (secondary N) is 1. The highest BCUT2D eigenvalue weighted by Crippen LogP contribution is 2.29. The molecular weight excluding hydrogens is 453 g/mol. The number of furan rings is 1. The number of rotatable bonds is 5. The number of likely N-dealkylation sites (tertiary alicyclic amines) is 1. The molecule has 4 rings (SSSR count). The van der Waals surface area contributed by atoms with Crippen molar-refractivity contribution in [1.29, 1.82) is 0 Å². The van der Waals surface area contributed by atoms with Crippen LogP contribution in [0.5, 0.6) is 0 Å². The number of para-hydroxylation sites is 1. The van der Waals surface area contributed by atoms with E-state index in [9.17, 15) is 9.59 Å². The minimum absolute atomic E-state index is 0.0327. The molecule has 0 radical (unpaired) electrons. The quantitative estimate of drug-likeness (QED) is 0.599. The molecule has 0 unspecified atom stereocenters. The summed E-state index contributed by atoms with van der Waals surface area (Å²) in [6.45, 7) is 4.73. The van der Waals surface area contributed by atoms with Gasteiger partial charge >= 0.3 is 0 Å². The SMILES string of the molecule is CCc1nc(C(=O)N2CCC(NC(=O)c3occc3C)CC2)nn1-c1c(Cl)cccc1Cl. The van der Waals surface area contributed by atoms with Gasteiger partial charge in [-0.1, -0.05) is 36.2 Å². The van der Waals surface area contributed by atoms with Gasteiger partial charge < -0.3 is 14.6 Å². The molecule has 2 aromatic heterocycles. The highest BCUT2D eigenvalue weighted by atomic mass is 35.5. The van der Waals surface area contributed by atoms with Crippen molar-refractivity contribution in [3.8, 4) is 5.69 Å². The lowest BCUT2D eigenvalue weighted by Gasteiger charge is -2.31. The van der Waals surface area contributed by atoms with Crippen LogP contribution in [0.25, 0.3) is 5.69 Å². The number of aryl methyl sites for hydroxylation is 2. The zero-order valence-electron chi connectivity index (χ0n) is 17.8. The third-order valence-corrected chi connectivity index (χ3v) is 6.13. The molecule has 1 saturated heterocycles. The van der Waals surface area contributed by atoms with Gasteiger partial charge in [-0.15, -0.1) is 5.10 Å².